The van der Waals surface area contributed by atoms with Crippen molar-refractivity contribution in [1.29, 1.82) is 0 Å². The molecule has 3 heterocycles. The van der Waals surface area contributed by atoms with Crippen LogP contribution in [0.5, 0.6) is 0 Å². The highest BCUT2D eigenvalue weighted by molar-refractivity contribution is 6.30. The quantitative estimate of drug-likeness (QED) is 0.497. The first kappa shape index (κ1) is 16.3. The van der Waals surface area contributed by atoms with Crippen molar-refractivity contribution in [3.63, 3.8) is 0 Å². The summed E-state index contributed by atoms with van der Waals surface area (Å²) in [6, 6.07) is 11.4. The van der Waals surface area contributed by atoms with Crippen LogP contribution in [0.3, 0.4) is 0 Å². The minimum absolute atomic E-state index is 0.115. The van der Waals surface area contributed by atoms with Gasteiger partial charge in [0.2, 0.25) is 0 Å². The molecule has 4 aromatic rings. The Morgan fingerprint density at radius 2 is 2.00 bits per heavy atom. The molecule has 0 bridgehead atoms. The van der Waals surface area contributed by atoms with E-state index in [0.717, 1.165) is 47.1 Å². The molecule has 1 aromatic carbocycles. The SMILES string of the molecule is O=C(OCc1cn2cc(Cl)ccc2n1)c1c2c(nc3ccccc13)CCC2. The van der Waals surface area contributed by atoms with E-state index < -0.39 is 0 Å². The van der Waals surface area contributed by atoms with Crippen molar-refractivity contribution >= 4 is 34.1 Å². The summed E-state index contributed by atoms with van der Waals surface area (Å²) in [7, 11) is 0. The fraction of sp³-hybridized carbons (Fsp3) is 0.190. The maximum atomic E-state index is 13.0. The fourth-order valence-electron chi connectivity index (χ4n) is 3.74. The summed E-state index contributed by atoms with van der Waals surface area (Å²) in [4.78, 5) is 22.1. The van der Waals surface area contributed by atoms with E-state index in [4.69, 9.17) is 21.3 Å². The number of benzene rings is 1. The Balaban J connectivity index is 1.47. The summed E-state index contributed by atoms with van der Waals surface area (Å²) in [5.41, 5.74) is 4.98. The highest BCUT2D eigenvalue weighted by Gasteiger charge is 2.24. The second kappa shape index (κ2) is 6.35. The van der Waals surface area contributed by atoms with Gasteiger partial charge in [-0.2, -0.15) is 0 Å². The molecule has 5 rings (SSSR count). The van der Waals surface area contributed by atoms with E-state index in [-0.39, 0.29) is 12.6 Å². The molecule has 0 saturated carbocycles. The van der Waals surface area contributed by atoms with Gasteiger partial charge in [-0.05, 0) is 43.0 Å². The van der Waals surface area contributed by atoms with Crippen molar-refractivity contribution in [2.45, 2.75) is 25.9 Å². The topological polar surface area (TPSA) is 56.5 Å². The van der Waals surface area contributed by atoms with Gasteiger partial charge in [0, 0.05) is 23.5 Å². The third kappa shape index (κ3) is 2.84. The highest BCUT2D eigenvalue weighted by atomic mass is 35.5. The number of hydrogen-bond donors (Lipinski definition) is 0. The van der Waals surface area contributed by atoms with Gasteiger partial charge in [0.1, 0.15) is 12.3 Å². The van der Waals surface area contributed by atoms with Crippen molar-refractivity contribution < 1.29 is 9.53 Å². The zero-order chi connectivity index (χ0) is 18.4. The number of fused-ring (bicyclic) bond motifs is 3. The van der Waals surface area contributed by atoms with Gasteiger partial charge < -0.3 is 9.14 Å². The maximum absolute atomic E-state index is 13.0. The van der Waals surface area contributed by atoms with Crippen molar-refractivity contribution in [2.24, 2.45) is 0 Å². The Bertz CT molecular complexity index is 1200. The summed E-state index contributed by atoms with van der Waals surface area (Å²) >= 11 is 6.01. The van der Waals surface area contributed by atoms with Gasteiger partial charge in [-0.3, -0.25) is 4.98 Å². The van der Waals surface area contributed by atoms with Crippen LogP contribution in [0, 0.1) is 0 Å². The lowest BCUT2D eigenvalue weighted by molar-refractivity contribution is 0.0469. The Morgan fingerprint density at radius 1 is 1.11 bits per heavy atom. The number of rotatable bonds is 3. The van der Waals surface area contributed by atoms with E-state index in [0.29, 0.717) is 16.3 Å². The number of carbonyl (C=O) groups is 1. The average molecular weight is 378 g/mol. The smallest absolute Gasteiger partial charge is 0.339 e. The van der Waals surface area contributed by atoms with Crippen molar-refractivity contribution in [1.82, 2.24) is 14.4 Å². The Kier molecular flexibility index (Phi) is 3.83. The van der Waals surface area contributed by atoms with E-state index in [2.05, 4.69) is 4.98 Å². The minimum atomic E-state index is -0.318. The van der Waals surface area contributed by atoms with Crippen LogP contribution in [-0.4, -0.2) is 20.3 Å². The molecule has 134 valence electrons. The zero-order valence-electron chi connectivity index (χ0n) is 14.5. The molecule has 1 aliphatic carbocycles. The van der Waals surface area contributed by atoms with E-state index in [1.54, 1.807) is 12.3 Å². The molecular formula is C21H16ClN3O2. The average Bonchev–Trinajstić information content (AvgIpc) is 3.29. The molecule has 0 saturated heterocycles. The van der Waals surface area contributed by atoms with Gasteiger partial charge in [0.25, 0.3) is 0 Å². The number of nitrogens with zero attached hydrogens (tertiary/aromatic N) is 3. The lowest BCUT2D eigenvalue weighted by Crippen LogP contribution is -2.10. The first-order valence-corrected chi connectivity index (χ1v) is 9.27. The van der Waals surface area contributed by atoms with Crippen LogP contribution in [0.4, 0.5) is 0 Å². The highest BCUT2D eigenvalue weighted by Crippen LogP contribution is 2.30. The number of ether oxygens (including phenoxy) is 1. The van der Waals surface area contributed by atoms with Gasteiger partial charge in [-0.1, -0.05) is 29.8 Å². The first-order valence-electron chi connectivity index (χ1n) is 8.90. The van der Waals surface area contributed by atoms with Crippen molar-refractivity contribution in [2.75, 3.05) is 0 Å². The van der Waals surface area contributed by atoms with Gasteiger partial charge in [0.15, 0.2) is 0 Å². The number of carbonyl (C=O) groups excluding carboxylic acids is 1. The van der Waals surface area contributed by atoms with Gasteiger partial charge in [-0.15, -0.1) is 0 Å². The monoisotopic (exact) mass is 377 g/mol. The molecule has 0 fully saturated rings. The van der Waals surface area contributed by atoms with Crippen LogP contribution in [-0.2, 0) is 24.2 Å². The van der Waals surface area contributed by atoms with Crippen LogP contribution in [0.25, 0.3) is 16.6 Å². The minimum Gasteiger partial charge on any atom is -0.455 e. The van der Waals surface area contributed by atoms with Crippen LogP contribution >= 0.6 is 11.6 Å². The standard InChI is InChI=1S/C21H16ClN3O2/c22-13-8-9-19-23-14(11-25(19)10-13)12-27-21(26)20-15-4-1-2-6-17(15)24-18-7-3-5-16(18)20/h1-2,4,6,8-11H,3,5,7,12H2. The van der Waals surface area contributed by atoms with E-state index in [9.17, 15) is 4.79 Å². The Hall–Kier alpha value is -2.92. The van der Waals surface area contributed by atoms with Gasteiger partial charge >= 0.3 is 5.97 Å². The molecule has 0 spiro atoms. The molecule has 0 radical (unpaired) electrons. The predicted octanol–water partition coefficient (Wildman–Crippen LogP) is 4.38. The number of halogens is 1. The summed E-state index contributed by atoms with van der Waals surface area (Å²) in [6.45, 7) is 0.115. The molecule has 0 N–H and O–H groups in total. The Morgan fingerprint density at radius 3 is 2.93 bits per heavy atom. The van der Waals surface area contributed by atoms with E-state index >= 15 is 0 Å². The molecule has 0 unspecified atom stereocenters. The largest absolute Gasteiger partial charge is 0.455 e. The molecule has 0 atom stereocenters. The maximum Gasteiger partial charge on any atom is 0.339 e. The second-order valence-corrected chi connectivity index (χ2v) is 7.14. The molecule has 1 aliphatic rings. The first-order chi connectivity index (χ1) is 13.2. The summed E-state index contributed by atoms with van der Waals surface area (Å²) in [5, 5.41) is 1.48. The number of imidazole rings is 1. The summed E-state index contributed by atoms with van der Waals surface area (Å²) < 4.78 is 7.46. The van der Waals surface area contributed by atoms with Crippen molar-refractivity contribution in [3.8, 4) is 0 Å². The Labute approximate surface area is 160 Å². The van der Waals surface area contributed by atoms with Crippen LogP contribution in [0.15, 0.2) is 48.8 Å². The lowest BCUT2D eigenvalue weighted by Gasteiger charge is -2.11. The van der Waals surface area contributed by atoms with Gasteiger partial charge in [-0.25, -0.2) is 9.78 Å². The van der Waals surface area contributed by atoms with Crippen LogP contribution in [0.2, 0.25) is 5.02 Å². The van der Waals surface area contributed by atoms with E-state index in [1.807, 2.05) is 40.9 Å². The lowest BCUT2D eigenvalue weighted by atomic mass is 10.0. The number of esters is 1. The van der Waals surface area contributed by atoms with E-state index in [1.165, 1.54) is 0 Å². The molecule has 27 heavy (non-hydrogen) atoms. The number of aryl methyl sites for hydroxylation is 1. The molecule has 3 aromatic heterocycles. The predicted molar refractivity (Wildman–Crippen MR) is 103 cm³/mol. The molecule has 5 nitrogen and oxygen atoms in total. The van der Waals surface area contributed by atoms with Crippen molar-refractivity contribution in [3.05, 3.63) is 76.3 Å². The summed E-state index contributed by atoms with van der Waals surface area (Å²) in [5.74, 6) is -0.318. The molecular weight excluding hydrogens is 362 g/mol. The zero-order valence-corrected chi connectivity index (χ0v) is 15.2. The number of aromatic nitrogens is 3. The van der Waals surface area contributed by atoms with Crippen LogP contribution in [0.1, 0.15) is 33.7 Å². The number of hydrogen-bond acceptors (Lipinski definition) is 4. The van der Waals surface area contributed by atoms with Gasteiger partial charge in [0.05, 0.1) is 21.8 Å². The second-order valence-electron chi connectivity index (χ2n) is 6.70. The third-order valence-corrected chi connectivity index (χ3v) is 5.16. The molecule has 0 aliphatic heterocycles. The molecule has 6 heteroatoms. The normalized spacial score (nSPS) is 13.2. The fourth-order valence-corrected chi connectivity index (χ4v) is 3.91. The number of para-hydroxylation sites is 1. The summed E-state index contributed by atoms with van der Waals surface area (Å²) in [6.07, 6.45) is 6.40. The molecule has 0 amide bonds. The third-order valence-electron chi connectivity index (χ3n) is 4.94. The van der Waals surface area contributed by atoms with Crippen LogP contribution < -0.4 is 0 Å². The number of pyridine rings is 2.